The predicted molar refractivity (Wildman–Crippen MR) is 134 cm³/mol. The number of amides is 1. The number of fused-ring (bicyclic) bond motifs is 1. The summed E-state index contributed by atoms with van der Waals surface area (Å²) in [6.45, 7) is 4.02. The Morgan fingerprint density at radius 1 is 1.06 bits per heavy atom. The van der Waals surface area contributed by atoms with E-state index >= 15 is 0 Å². The average molecular weight is 492 g/mol. The SMILES string of the molecule is CCOc1cccc(S(=O)(=O)c2cc(C)cc3c(Nc4cccc(OC)c4)c(C(N)=O)cnc23)c1. The number of pyridine rings is 1. The number of carbonyl (C=O) groups is 1. The summed E-state index contributed by atoms with van der Waals surface area (Å²) >= 11 is 0. The molecule has 180 valence electrons. The molecule has 0 unspecified atom stereocenters. The van der Waals surface area contributed by atoms with E-state index in [1.807, 2.05) is 6.92 Å². The molecule has 0 aliphatic carbocycles. The Kier molecular flexibility index (Phi) is 6.61. The van der Waals surface area contributed by atoms with E-state index in [0.717, 1.165) is 0 Å². The number of primary amides is 1. The number of benzene rings is 3. The Morgan fingerprint density at radius 3 is 2.51 bits per heavy atom. The van der Waals surface area contributed by atoms with Crippen molar-refractivity contribution in [1.29, 1.82) is 0 Å². The molecule has 0 spiro atoms. The maximum absolute atomic E-state index is 13.7. The van der Waals surface area contributed by atoms with Crippen LogP contribution in [-0.4, -0.2) is 33.0 Å². The molecular weight excluding hydrogens is 466 g/mol. The summed E-state index contributed by atoms with van der Waals surface area (Å²) in [5, 5.41) is 3.66. The first-order valence-electron chi connectivity index (χ1n) is 10.9. The number of nitrogens with two attached hydrogens (primary N) is 1. The third-order valence-corrected chi connectivity index (χ3v) is 7.17. The lowest BCUT2D eigenvalue weighted by Crippen LogP contribution is -2.15. The van der Waals surface area contributed by atoms with Gasteiger partial charge in [-0.15, -0.1) is 0 Å². The molecule has 4 rings (SSSR count). The highest BCUT2D eigenvalue weighted by Gasteiger charge is 2.25. The summed E-state index contributed by atoms with van der Waals surface area (Å²) < 4.78 is 38.2. The third kappa shape index (κ3) is 4.76. The van der Waals surface area contributed by atoms with Crippen molar-refractivity contribution in [3.8, 4) is 11.5 Å². The van der Waals surface area contributed by atoms with Crippen LogP contribution in [0.4, 0.5) is 11.4 Å². The normalized spacial score (nSPS) is 11.3. The second kappa shape index (κ2) is 9.63. The van der Waals surface area contributed by atoms with Crippen LogP contribution in [-0.2, 0) is 9.84 Å². The third-order valence-electron chi connectivity index (χ3n) is 5.40. The maximum Gasteiger partial charge on any atom is 0.252 e. The van der Waals surface area contributed by atoms with Crippen LogP contribution >= 0.6 is 0 Å². The molecule has 0 aliphatic heterocycles. The minimum absolute atomic E-state index is 0.0193. The van der Waals surface area contributed by atoms with Crippen molar-refractivity contribution in [2.45, 2.75) is 23.6 Å². The van der Waals surface area contributed by atoms with Gasteiger partial charge in [-0.05, 0) is 61.9 Å². The van der Waals surface area contributed by atoms with Gasteiger partial charge >= 0.3 is 0 Å². The largest absolute Gasteiger partial charge is 0.497 e. The first kappa shape index (κ1) is 24.0. The Morgan fingerprint density at radius 2 is 1.80 bits per heavy atom. The van der Waals surface area contributed by atoms with Crippen molar-refractivity contribution in [2.24, 2.45) is 5.73 Å². The fraction of sp³-hybridized carbons (Fsp3) is 0.154. The highest BCUT2D eigenvalue weighted by Crippen LogP contribution is 2.36. The number of carbonyl (C=O) groups excluding carboxylic acids is 1. The number of sulfone groups is 1. The van der Waals surface area contributed by atoms with E-state index in [1.165, 1.54) is 18.3 Å². The molecule has 3 aromatic carbocycles. The van der Waals surface area contributed by atoms with E-state index in [-0.39, 0.29) is 20.9 Å². The van der Waals surface area contributed by atoms with Crippen LogP contribution < -0.4 is 20.5 Å². The first-order chi connectivity index (χ1) is 16.7. The number of methoxy groups -OCH3 is 1. The van der Waals surface area contributed by atoms with Gasteiger partial charge in [-0.25, -0.2) is 8.42 Å². The van der Waals surface area contributed by atoms with Gasteiger partial charge in [0.15, 0.2) is 0 Å². The number of anilines is 2. The average Bonchev–Trinajstić information content (AvgIpc) is 2.84. The Balaban J connectivity index is 1.95. The van der Waals surface area contributed by atoms with Gasteiger partial charge in [-0.1, -0.05) is 12.1 Å². The van der Waals surface area contributed by atoms with Crippen LogP contribution in [0.5, 0.6) is 11.5 Å². The number of hydrogen-bond acceptors (Lipinski definition) is 7. The number of nitrogens with one attached hydrogen (secondary N) is 1. The van der Waals surface area contributed by atoms with E-state index in [4.69, 9.17) is 15.2 Å². The molecule has 1 aromatic heterocycles. The van der Waals surface area contributed by atoms with Gasteiger partial charge in [0.1, 0.15) is 11.5 Å². The van der Waals surface area contributed by atoms with Gasteiger partial charge in [-0.3, -0.25) is 9.78 Å². The molecule has 1 amide bonds. The minimum atomic E-state index is -3.97. The first-order valence-corrected chi connectivity index (χ1v) is 12.3. The highest BCUT2D eigenvalue weighted by molar-refractivity contribution is 7.91. The number of aryl methyl sites for hydroxylation is 1. The highest BCUT2D eigenvalue weighted by atomic mass is 32.2. The fourth-order valence-electron chi connectivity index (χ4n) is 3.80. The van der Waals surface area contributed by atoms with Gasteiger partial charge in [0.2, 0.25) is 9.84 Å². The van der Waals surface area contributed by atoms with Crippen molar-refractivity contribution >= 4 is 38.0 Å². The lowest BCUT2D eigenvalue weighted by atomic mass is 10.1. The maximum atomic E-state index is 13.7. The van der Waals surface area contributed by atoms with E-state index in [2.05, 4.69) is 10.3 Å². The van der Waals surface area contributed by atoms with Crippen LogP contribution in [0.1, 0.15) is 22.8 Å². The predicted octanol–water partition coefficient (Wildman–Crippen LogP) is 4.63. The topological polar surface area (TPSA) is 121 Å². The Bertz CT molecular complexity index is 1530. The Hall–Kier alpha value is -4.11. The van der Waals surface area contributed by atoms with Crippen LogP contribution in [0.3, 0.4) is 0 Å². The molecule has 0 saturated carbocycles. The minimum Gasteiger partial charge on any atom is -0.497 e. The molecule has 0 atom stereocenters. The summed E-state index contributed by atoms with van der Waals surface area (Å²) in [5.74, 6) is 0.373. The van der Waals surface area contributed by atoms with Crippen molar-refractivity contribution in [3.05, 3.63) is 78.0 Å². The van der Waals surface area contributed by atoms with E-state index < -0.39 is 15.7 Å². The van der Waals surface area contributed by atoms with Gasteiger partial charge in [0, 0.05) is 23.3 Å². The molecule has 0 fully saturated rings. The van der Waals surface area contributed by atoms with Crippen LogP contribution in [0.25, 0.3) is 10.9 Å². The summed E-state index contributed by atoms with van der Waals surface area (Å²) in [6, 6.07) is 16.8. The van der Waals surface area contributed by atoms with E-state index in [1.54, 1.807) is 62.6 Å². The smallest absolute Gasteiger partial charge is 0.252 e. The molecule has 1 heterocycles. The monoisotopic (exact) mass is 491 g/mol. The van der Waals surface area contributed by atoms with Gasteiger partial charge in [0.05, 0.1) is 40.3 Å². The molecule has 0 bridgehead atoms. The summed E-state index contributed by atoms with van der Waals surface area (Å²) in [4.78, 5) is 16.7. The number of aromatic nitrogens is 1. The van der Waals surface area contributed by atoms with Crippen LogP contribution in [0.2, 0.25) is 0 Å². The van der Waals surface area contributed by atoms with Crippen molar-refractivity contribution in [3.63, 3.8) is 0 Å². The lowest BCUT2D eigenvalue weighted by molar-refractivity contribution is 0.100. The number of rotatable bonds is 8. The molecule has 0 saturated heterocycles. The van der Waals surface area contributed by atoms with Gasteiger partial charge < -0.3 is 20.5 Å². The summed E-state index contributed by atoms with van der Waals surface area (Å²) in [6.07, 6.45) is 1.29. The van der Waals surface area contributed by atoms with Crippen molar-refractivity contribution in [2.75, 3.05) is 19.0 Å². The molecule has 35 heavy (non-hydrogen) atoms. The summed E-state index contributed by atoms with van der Waals surface area (Å²) in [7, 11) is -2.42. The molecular formula is C26H25N3O5S. The standard InChI is InChI=1S/C26H25N3O5S/c1-4-34-19-9-6-10-20(14-19)35(31,32)23-12-16(2)11-21-24(22(26(27)30)15-28-25(21)23)29-17-7-5-8-18(13-17)33-3/h5-15H,4H2,1-3H3,(H2,27,30)(H,28,29). The number of hydrogen-bond donors (Lipinski definition) is 2. The second-order valence-corrected chi connectivity index (χ2v) is 9.76. The second-order valence-electron chi connectivity index (χ2n) is 7.84. The molecule has 9 heteroatoms. The van der Waals surface area contributed by atoms with E-state index in [0.29, 0.717) is 40.4 Å². The van der Waals surface area contributed by atoms with Crippen molar-refractivity contribution in [1.82, 2.24) is 4.98 Å². The fourth-order valence-corrected chi connectivity index (χ4v) is 5.35. The molecule has 4 aromatic rings. The Labute approximate surface area is 203 Å². The number of nitrogens with zero attached hydrogens (tertiary/aromatic N) is 1. The number of ether oxygens (including phenoxy) is 2. The van der Waals surface area contributed by atoms with Gasteiger partial charge in [-0.2, -0.15) is 0 Å². The molecule has 8 nitrogen and oxygen atoms in total. The zero-order valence-corrected chi connectivity index (χ0v) is 20.3. The molecule has 0 radical (unpaired) electrons. The van der Waals surface area contributed by atoms with Gasteiger partial charge in [0.25, 0.3) is 5.91 Å². The molecule has 3 N–H and O–H groups in total. The lowest BCUT2D eigenvalue weighted by Gasteiger charge is -2.16. The van der Waals surface area contributed by atoms with Crippen molar-refractivity contribution < 1.29 is 22.7 Å². The van der Waals surface area contributed by atoms with Crippen LogP contribution in [0.15, 0.2) is 76.7 Å². The summed E-state index contributed by atoms with van der Waals surface area (Å²) in [5.41, 5.74) is 7.65. The molecule has 0 aliphatic rings. The quantitative estimate of drug-likeness (QED) is 0.369. The van der Waals surface area contributed by atoms with Crippen LogP contribution in [0, 0.1) is 6.92 Å². The zero-order valence-electron chi connectivity index (χ0n) is 19.5. The zero-order chi connectivity index (χ0) is 25.2. The van der Waals surface area contributed by atoms with E-state index in [9.17, 15) is 13.2 Å².